The van der Waals surface area contributed by atoms with Crippen LogP contribution in [-0.4, -0.2) is 19.1 Å². The highest BCUT2D eigenvalue weighted by molar-refractivity contribution is 5.73. The van der Waals surface area contributed by atoms with Crippen LogP contribution in [0.15, 0.2) is 30.3 Å². The maximum Gasteiger partial charge on any atom is 0.217 e. The summed E-state index contributed by atoms with van der Waals surface area (Å²) in [6, 6.07) is 7.81. The van der Waals surface area contributed by atoms with Crippen LogP contribution in [0, 0.1) is 0 Å². The van der Waals surface area contributed by atoms with Gasteiger partial charge in [-0.25, -0.2) is 0 Å². The van der Waals surface area contributed by atoms with Crippen molar-refractivity contribution in [2.24, 2.45) is 0 Å². The topological polar surface area (TPSA) is 38.3 Å². The van der Waals surface area contributed by atoms with Crippen molar-refractivity contribution in [2.45, 2.75) is 13.8 Å². The molecule has 0 aliphatic carbocycles. The first-order valence-corrected chi connectivity index (χ1v) is 5.37. The van der Waals surface area contributed by atoms with Gasteiger partial charge in [-0.2, -0.15) is 0 Å². The number of benzene rings is 1. The summed E-state index contributed by atoms with van der Waals surface area (Å²) in [4.78, 5) is 10.7. The molecule has 0 atom stereocenters. The minimum absolute atomic E-state index is 0.0252. The van der Waals surface area contributed by atoms with Crippen LogP contribution >= 0.6 is 0 Å². The lowest BCUT2D eigenvalue weighted by molar-refractivity contribution is -0.118. The quantitative estimate of drug-likeness (QED) is 0.824. The molecule has 1 rings (SSSR count). The predicted molar refractivity (Wildman–Crippen MR) is 65.3 cm³/mol. The van der Waals surface area contributed by atoms with Gasteiger partial charge in [-0.1, -0.05) is 30.4 Å². The van der Waals surface area contributed by atoms with Crippen LogP contribution in [0.25, 0.3) is 6.08 Å². The molecule has 16 heavy (non-hydrogen) atoms. The molecule has 0 radical (unpaired) electrons. The molecule has 0 unspecified atom stereocenters. The fraction of sp³-hybridized carbons (Fsp3) is 0.308. The Hall–Kier alpha value is -1.77. The van der Waals surface area contributed by atoms with E-state index in [1.165, 1.54) is 6.92 Å². The molecule has 0 fully saturated rings. The fourth-order valence-electron chi connectivity index (χ4n) is 1.29. The second kappa shape index (κ2) is 6.67. The van der Waals surface area contributed by atoms with Crippen LogP contribution in [0.4, 0.5) is 0 Å². The molecule has 0 heterocycles. The number of amides is 1. The van der Waals surface area contributed by atoms with Crippen LogP contribution < -0.4 is 10.1 Å². The van der Waals surface area contributed by atoms with Crippen molar-refractivity contribution in [3.8, 4) is 5.75 Å². The third-order valence-electron chi connectivity index (χ3n) is 1.99. The van der Waals surface area contributed by atoms with E-state index in [1.807, 2.05) is 43.3 Å². The van der Waals surface area contributed by atoms with Gasteiger partial charge in [0, 0.05) is 19.0 Å². The lowest BCUT2D eigenvalue weighted by Gasteiger charge is -2.06. The van der Waals surface area contributed by atoms with Gasteiger partial charge in [-0.15, -0.1) is 0 Å². The highest BCUT2D eigenvalue weighted by Gasteiger charge is 1.97. The highest BCUT2D eigenvalue weighted by atomic mass is 16.5. The Bertz CT molecular complexity index is 372. The van der Waals surface area contributed by atoms with Crippen molar-refractivity contribution in [2.75, 3.05) is 13.2 Å². The predicted octanol–water partition coefficient (Wildman–Crippen LogP) is 2.23. The van der Waals surface area contributed by atoms with E-state index in [1.54, 1.807) is 0 Å². The lowest BCUT2D eigenvalue weighted by Crippen LogP contribution is -2.19. The maximum atomic E-state index is 10.7. The first-order chi connectivity index (χ1) is 7.74. The van der Waals surface area contributed by atoms with E-state index < -0.39 is 0 Å². The number of rotatable bonds is 5. The lowest BCUT2D eigenvalue weighted by atomic mass is 10.2. The van der Waals surface area contributed by atoms with Gasteiger partial charge in [0.05, 0.1) is 6.61 Å². The van der Waals surface area contributed by atoms with Crippen LogP contribution in [0.1, 0.15) is 19.4 Å². The Labute approximate surface area is 96.1 Å². The summed E-state index contributed by atoms with van der Waals surface area (Å²) < 4.78 is 5.48. The summed E-state index contributed by atoms with van der Waals surface area (Å²) in [5, 5.41) is 2.70. The first-order valence-electron chi connectivity index (χ1n) is 5.37. The molecule has 0 saturated carbocycles. The van der Waals surface area contributed by atoms with Crippen LogP contribution in [0.5, 0.6) is 5.75 Å². The maximum absolute atomic E-state index is 10.7. The van der Waals surface area contributed by atoms with Crippen molar-refractivity contribution < 1.29 is 9.53 Å². The molecule has 0 aliphatic rings. The SMILES string of the molecule is CCOc1ccccc1C=CCNC(C)=O. The first kappa shape index (κ1) is 12.3. The molecule has 0 spiro atoms. The molecule has 3 nitrogen and oxygen atoms in total. The van der Waals surface area contributed by atoms with E-state index in [9.17, 15) is 4.79 Å². The van der Waals surface area contributed by atoms with Crippen molar-refractivity contribution in [1.82, 2.24) is 5.32 Å². The van der Waals surface area contributed by atoms with Gasteiger partial charge < -0.3 is 10.1 Å². The van der Waals surface area contributed by atoms with Gasteiger partial charge in [0.15, 0.2) is 0 Å². The van der Waals surface area contributed by atoms with Crippen molar-refractivity contribution in [3.63, 3.8) is 0 Å². The number of para-hydroxylation sites is 1. The number of hydrogen-bond donors (Lipinski definition) is 1. The van der Waals surface area contributed by atoms with Gasteiger partial charge in [-0.3, -0.25) is 4.79 Å². The van der Waals surface area contributed by atoms with Gasteiger partial charge in [0.1, 0.15) is 5.75 Å². The Morgan fingerprint density at radius 2 is 2.19 bits per heavy atom. The molecule has 0 aromatic heterocycles. The minimum atomic E-state index is -0.0252. The molecule has 0 bridgehead atoms. The Kier molecular flexibility index (Phi) is 5.12. The summed E-state index contributed by atoms with van der Waals surface area (Å²) in [7, 11) is 0. The fourth-order valence-corrected chi connectivity index (χ4v) is 1.29. The highest BCUT2D eigenvalue weighted by Crippen LogP contribution is 2.18. The largest absolute Gasteiger partial charge is 0.493 e. The zero-order chi connectivity index (χ0) is 11.8. The smallest absolute Gasteiger partial charge is 0.217 e. The van der Waals surface area contributed by atoms with E-state index in [4.69, 9.17) is 4.74 Å². The van der Waals surface area contributed by atoms with E-state index in [0.29, 0.717) is 13.2 Å². The summed E-state index contributed by atoms with van der Waals surface area (Å²) in [5.74, 6) is 0.840. The molecule has 86 valence electrons. The standard InChI is InChI=1S/C13H17NO2/c1-3-16-13-9-5-4-7-12(13)8-6-10-14-11(2)15/h4-9H,3,10H2,1-2H3,(H,14,15). The normalized spacial score (nSPS) is 10.4. The van der Waals surface area contributed by atoms with Crippen molar-refractivity contribution in [1.29, 1.82) is 0 Å². The average molecular weight is 219 g/mol. The Morgan fingerprint density at radius 3 is 2.88 bits per heavy atom. The Balaban J connectivity index is 2.61. The van der Waals surface area contributed by atoms with Crippen molar-refractivity contribution >= 4 is 12.0 Å². The van der Waals surface area contributed by atoms with E-state index >= 15 is 0 Å². The van der Waals surface area contributed by atoms with Crippen LogP contribution in [0.3, 0.4) is 0 Å². The number of carbonyl (C=O) groups is 1. The molecular formula is C13H17NO2. The molecule has 1 aromatic rings. The van der Waals surface area contributed by atoms with Gasteiger partial charge in [0.2, 0.25) is 5.91 Å². The summed E-state index contributed by atoms with van der Waals surface area (Å²) in [6.07, 6.45) is 3.85. The average Bonchev–Trinajstić information content (AvgIpc) is 2.26. The molecule has 0 saturated heterocycles. The zero-order valence-electron chi connectivity index (χ0n) is 9.69. The summed E-state index contributed by atoms with van der Waals surface area (Å²) >= 11 is 0. The third kappa shape index (κ3) is 4.17. The van der Waals surface area contributed by atoms with Gasteiger partial charge >= 0.3 is 0 Å². The second-order valence-corrected chi connectivity index (χ2v) is 3.31. The molecule has 0 aliphatic heterocycles. The third-order valence-corrected chi connectivity index (χ3v) is 1.99. The van der Waals surface area contributed by atoms with E-state index in [2.05, 4.69) is 5.32 Å². The minimum Gasteiger partial charge on any atom is -0.493 e. The molecule has 1 N–H and O–H groups in total. The summed E-state index contributed by atoms with van der Waals surface area (Å²) in [5.41, 5.74) is 1.02. The molecular weight excluding hydrogens is 202 g/mol. The molecule has 3 heteroatoms. The van der Waals surface area contributed by atoms with Crippen LogP contribution in [0.2, 0.25) is 0 Å². The monoisotopic (exact) mass is 219 g/mol. The van der Waals surface area contributed by atoms with Gasteiger partial charge in [0.25, 0.3) is 0 Å². The van der Waals surface area contributed by atoms with Crippen molar-refractivity contribution in [3.05, 3.63) is 35.9 Å². The second-order valence-electron chi connectivity index (χ2n) is 3.31. The number of nitrogens with one attached hydrogen (secondary N) is 1. The summed E-state index contributed by atoms with van der Waals surface area (Å²) in [6.45, 7) is 4.64. The zero-order valence-corrected chi connectivity index (χ0v) is 9.69. The van der Waals surface area contributed by atoms with Gasteiger partial charge in [-0.05, 0) is 13.0 Å². The van der Waals surface area contributed by atoms with E-state index in [0.717, 1.165) is 11.3 Å². The molecule has 1 aromatic carbocycles. The van der Waals surface area contributed by atoms with E-state index in [-0.39, 0.29) is 5.91 Å². The number of hydrogen-bond acceptors (Lipinski definition) is 2. The number of carbonyl (C=O) groups excluding carboxylic acids is 1. The van der Waals surface area contributed by atoms with Crippen LogP contribution in [-0.2, 0) is 4.79 Å². The molecule has 1 amide bonds. The Morgan fingerprint density at radius 1 is 1.44 bits per heavy atom. The number of ether oxygens (including phenoxy) is 1.